The van der Waals surface area contributed by atoms with Gasteiger partial charge in [-0.2, -0.15) is 0 Å². The molecule has 3 aliphatic rings. The highest BCUT2D eigenvalue weighted by Gasteiger charge is 2.56. The largest absolute Gasteiger partial charge is 0.493 e. The molecule has 4 atom stereocenters. The molecule has 0 aromatic heterocycles. The van der Waals surface area contributed by atoms with Crippen LogP contribution < -0.4 is 10.1 Å². The average Bonchev–Trinajstić information content (AvgIpc) is 3.30. The number of amides is 2. The van der Waals surface area contributed by atoms with Crippen LogP contribution in [0.15, 0.2) is 28.7 Å². The second kappa shape index (κ2) is 10.9. The van der Waals surface area contributed by atoms with Crippen LogP contribution in [-0.2, 0) is 19.1 Å². The summed E-state index contributed by atoms with van der Waals surface area (Å²) < 4.78 is 18.8. The summed E-state index contributed by atoms with van der Waals surface area (Å²) in [4.78, 5) is 28.4. The van der Waals surface area contributed by atoms with Gasteiger partial charge in [0.2, 0.25) is 11.8 Å². The van der Waals surface area contributed by atoms with E-state index in [1.807, 2.05) is 38.1 Å². The average molecular weight is 539 g/mol. The van der Waals surface area contributed by atoms with Crippen molar-refractivity contribution in [1.29, 1.82) is 0 Å². The van der Waals surface area contributed by atoms with Crippen LogP contribution in [-0.4, -0.2) is 72.2 Å². The van der Waals surface area contributed by atoms with E-state index in [2.05, 4.69) is 21.2 Å². The molecule has 8 nitrogen and oxygen atoms in total. The molecule has 9 heteroatoms. The number of nitrogens with zero attached hydrogens (tertiary/aromatic N) is 1. The lowest BCUT2D eigenvalue weighted by Crippen LogP contribution is -2.53. The molecule has 2 aliphatic heterocycles. The highest BCUT2D eigenvalue weighted by Crippen LogP contribution is 2.38. The Bertz CT molecular complexity index is 875. The zero-order valence-electron chi connectivity index (χ0n) is 19.9. The van der Waals surface area contributed by atoms with Crippen LogP contribution in [0.1, 0.15) is 46.0 Å². The van der Waals surface area contributed by atoms with Crippen molar-refractivity contribution in [3.05, 3.63) is 28.7 Å². The fraction of sp³-hybridized carbons (Fsp3) is 0.680. The lowest BCUT2D eigenvalue weighted by molar-refractivity contribution is -0.171. The van der Waals surface area contributed by atoms with E-state index in [1.165, 1.54) is 0 Å². The number of aliphatic hydroxyl groups is 1. The van der Waals surface area contributed by atoms with Crippen LogP contribution in [0, 0.1) is 11.8 Å². The molecule has 2 heterocycles. The summed E-state index contributed by atoms with van der Waals surface area (Å²) >= 11 is 3.41. The fourth-order valence-corrected chi connectivity index (χ4v) is 5.53. The number of fused-ring (bicyclic) bond motifs is 1. The summed E-state index contributed by atoms with van der Waals surface area (Å²) in [5.41, 5.74) is 0. The van der Waals surface area contributed by atoms with Gasteiger partial charge in [0.05, 0.1) is 19.8 Å². The first-order valence-electron chi connectivity index (χ1n) is 12.2. The van der Waals surface area contributed by atoms with E-state index < -0.39 is 17.9 Å². The predicted molar refractivity (Wildman–Crippen MR) is 129 cm³/mol. The van der Waals surface area contributed by atoms with E-state index in [0.29, 0.717) is 12.3 Å². The van der Waals surface area contributed by atoms with Gasteiger partial charge in [0, 0.05) is 22.9 Å². The SMILES string of the molecule is CC1(C)O[C@@H]2[C@@H](CN(C(=O)C3CCCCC3)[C@H]2C(=O)NC[C@@H](CO)COc2cccc(Br)c2)O1. The molecule has 2 amide bonds. The highest BCUT2D eigenvalue weighted by molar-refractivity contribution is 9.10. The number of likely N-dealkylation sites (tertiary alicyclic amines) is 1. The minimum Gasteiger partial charge on any atom is -0.493 e. The molecule has 1 aromatic carbocycles. The predicted octanol–water partition coefficient (Wildman–Crippen LogP) is 2.86. The number of ether oxygens (including phenoxy) is 3. The Morgan fingerprint density at radius 2 is 2.03 bits per heavy atom. The van der Waals surface area contributed by atoms with Crippen molar-refractivity contribution >= 4 is 27.7 Å². The molecule has 188 valence electrons. The second-order valence-electron chi connectivity index (χ2n) is 9.97. The molecule has 0 radical (unpaired) electrons. The molecule has 4 rings (SSSR count). The number of nitrogens with one attached hydrogen (secondary N) is 1. The van der Waals surface area contributed by atoms with Crippen LogP contribution >= 0.6 is 15.9 Å². The van der Waals surface area contributed by atoms with Gasteiger partial charge in [-0.05, 0) is 44.9 Å². The van der Waals surface area contributed by atoms with Gasteiger partial charge in [-0.1, -0.05) is 41.3 Å². The van der Waals surface area contributed by atoms with Crippen molar-refractivity contribution in [3.8, 4) is 5.75 Å². The summed E-state index contributed by atoms with van der Waals surface area (Å²) in [6.45, 7) is 4.36. The van der Waals surface area contributed by atoms with Crippen LogP contribution in [0.25, 0.3) is 0 Å². The van der Waals surface area contributed by atoms with Crippen LogP contribution in [0.2, 0.25) is 0 Å². The highest BCUT2D eigenvalue weighted by atomic mass is 79.9. The Kier molecular flexibility index (Phi) is 8.17. The molecule has 0 bridgehead atoms. The maximum atomic E-state index is 13.4. The van der Waals surface area contributed by atoms with Gasteiger partial charge in [-0.3, -0.25) is 9.59 Å². The molecule has 0 unspecified atom stereocenters. The first-order valence-corrected chi connectivity index (χ1v) is 13.0. The first-order chi connectivity index (χ1) is 16.3. The Hall–Kier alpha value is -1.68. The van der Waals surface area contributed by atoms with Gasteiger partial charge in [0.15, 0.2) is 5.79 Å². The van der Waals surface area contributed by atoms with Crippen molar-refractivity contribution in [2.24, 2.45) is 11.8 Å². The van der Waals surface area contributed by atoms with Crippen molar-refractivity contribution in [2.75, 3.05) is 26.3 Å². The van der Waals surface area contributed by atoms with Crippen molar-refractivity contribution in [1.82, 2.24) is 10.2 Å². The van der Waals surface area contributed by atoms with E-state index in [9.17, 15) is 14.7 Å². The summed E-state index contributed by atoms with van der Waals surface area (Å²) in [5.74, 6) is -0.700. The Labute approximate surface area is 209 Å². The van der Waals surface area contributed by atoms with Crippen LogP contribution in [0.5, 0.6) is 5.75 Å². The van der Waals surface area contributed by atoms with Gasteiger partial charge in [0.25, 0.3) is 0 Å². The number of rotatable bonds is 8. The normalized spacial score (nSPS) is 27.3. The molecule has 1 aromatic rings. The number of halogens is 1. The standard InChI is InChI=1S/C25H35BrN2O6/c1-25(2)33-20-13-28(24(31)17-7-4-3-5-8-17)21(22(20)34-25)23(30)27-12-16(14-29)15-32-19-10-6-9-18(26)11-19/h6,9-11,16-17,20-22,29H,3-5,7-8,12-15H2,1-2H3,(H,27,30)/t16-,20+,21+,22+/m0/s1. The molecule has 34 heavy (non-hydrogen) atoms. The lowest BCUT2D eigenvalue weighted by atomic mass is 9.88. The number of hydrogen-bond acceptors (Lipinski definition) is 6. The van der Waals surface area contributed by atoms with Gasteiger partial charge in [0.1, 0.15) is 24.0 Å². The third-order valence-electron chi connectivity index (χ3n) is 6.86. The second-order valence-corrected chi connectivity index (χ2v) is 10.9. The molecule has 2 N–H and O–H groups in total. The zero-order chi connectivity index (χ0) is 24.3. The Balaban J connectivity index is 1.39. The maximum absolute atomic E-state index is 13.4. The number of benzene rings is 1. The topological polar surface area (TPSA) is 97.3 Å². The van der Waals surface area contributed by atoms with E-state index in [0.717, 1.165) is 36.6 Å². The molecule has 2 saturated heterocycles. The molecular formula is C25H35BrN2O6. The number of carbonyl (C=O) groups excluding carboxylic acids is 2. The third-order valence-corrected chi connectivity index (χ3v) is 7.35. The fourth-order valence-electron chi connectivity index (χ4n) is 5.16. The van der Waals surface area contributed by atoms with E-state index in [1.54, 1.807) is 4.90 Å². The third kappa shape index (κ3) is 5.93. The molecule has 1 saturated carbocycles. The molecule has 3 fully saturated rings. The Morgan fingerprint density at radius 1 is 1.26 bits per heavy atom. The first kappa shape index (κ1) is 25.4. The van der Waals surface area contributed by atoms with Gasteiger partial charge >= 0.3 is 0 Å². The van der Waals surface area contributed by atoms with Crippen molar-refractivity contribution < 1.29 is 28.9 Å². The van der Waals surface area contributed by atoms with E-state index in [4.69, 9.17) is 14.2 Å². The van der Waals surface area contributed by atoms with Crippen molar-refractivity contribution in [3.63, 3.8) is 0 Å². The van der Waals surface area contributed by atoms with Gasteiger partial charge in [-0.25, -0.2) is 0 Å². The molecule has 0 spiro atoms. The van der Waals surface area contributed by atoms with E-state index >= 15 is 0 Å². The van der Waals surface area contributed by atoms with E-state index in [-0.39, 0.29) is 49.5 Å². The number of carbonyl (C=O) groups is 2. The number of hydrogen-bond donors (Lipinski definition) is 2. The maximum Gasteiger partial charge on any atom is 0.245 e. The Morgan fingerprint density at radius 3 is 2.74 bits per heavy atom. The summed E-state index contributed by atoms with van der Waals surface area (Å²) in [6.07, 6.45) is 4.15. The van der Waals surface area contributed by atoms with Gasteiger partial charge in [-0.15, -0.1) is 0 Å². The lowest BCUT2D eigenvalue weighted by Gasteiger charge is -2.33. The van der Waals surface area contributed by atoms with Crippen molar-refractivity contribution in [2.45, 2.75) is 70.0 Å². The smallest absolute Gasteiger partial charge is 0.245 e. The zero-order valence-corrected chi connectivity index (χ0v) is 21.5. The summed E-state index contributed by atoms with van der Waals surface area (Å²) in [5, 5.41) is 12.7. The quantitative estimate of drug-likeness (QED) is 0.528. The monoisotopic (exact) mass is 538 g/mol. The minimum atomic E-state index is -0.792. The molecule has 1 aliphatic carbocycles. The molecular weight excluding hydrogens is 504 g/mol. The summed E-state index contributed by atoms with van der Waals surface area (Å²) in [6, 6.07) is 6.72. The number of aliphatic hydroxyl groups excluding tert-OH is 1. The van der Waals surface area contributed by atoms with Crippen LogP contribution in [0.3, 0.4) is 0 Å². The van der Waals surface area contributed by atoms with Gasteiger partial charge < -0.3 is 29.5 Å². The minimum absolute atomic E-state index is 0.0240. The van der Waals surface area contributed by atoms with Crippen LogP contribution in [0.4, 0.5) is 0 Å². The summed E-state index contributed by atoms with van der Waals surface area (Å²) in [7, 11) is 0.